The fourth-order valence-electron chi connectivity index (χ4n) is 2.09. The van der Waals surface area contributed by atoms with Gasteiger partial charge in [-0.1, -0.05) is 11.8 Å². The number of rotatable bonds is 9. The van der Waals surface area contributed by atoms with E-state index in [9.17, 15) is 19.2 Å². The summed E-state index contributed by atoms with van der Waals surface area (Å²) in [5.74, 6) is 8.93. The lowest BCUT2D eigenvalue weighted by atomic mass is 10.3. The number of aromatic nitrogens is 2. The van der Waals surface area contributed by atoms with Crippen LogP contribution in [0.4, 0.5) is 11.6 Å². The molecular weight excluding hydrogens is 640 g/mol. The third-order valence-corrected chi connectivity index (χ3v) is 4.79. The highest BCUT2D eigenvalue weighted by molar-refractivity contribution is 9.10. The van der Waals surface area contributed by atoms with E-state index in [4.69, 9.17) is 14.9 Å². The molecule has 0 bridgehead atoms. The van der Waals surface area contributed by atoms with Gasteiger partial charge in [0, 0.05) is 34.2 Å². The molecule has 0 fully saturated rings. The Kier molecular flexibility index (Phi) is 20.1. The molecule has 2 aromatic rings. The van der Waals surface area contributed by atoms with Crippen LogP contribution in [-0.2, 0) is 23.9 Å². The molecule has 0 aliphatic heterocycles. The molecule has 0 unspecified atom stereocenters. The number of carbonyl (C=O) groups excluding carboxylic acids is 3. The molecule has 2 rings (SSSR count). The van der Waals surface area contributed by atoms with Gasteiger partial charge in [0.1, 0.15) is 18.2 Å². The summed E-state index contributed by atoms with van der Waals surface area (Å²) in [4.78, 5) is 52.0. The van der Waals surface area contributed by atoms with E-state index in [0.717, 1.165) is 8.95 Å². The third-order valence-electron chi connectivity index (χ3n) is 3.85. The molecule has 2 aromatic heterocycles. The molecule has 0 atom stereocenters. The van der Waals surface area contributed by atoms with Gasteiger partial charge >= 0.3 is 11.9 Å². The highest BCUT2D eigenvalue weighted by atomic mass is 79.9. The Morgan fingerprint density at radius 2 is 1.31 bits per heavy atom. The van der Waals surface area contributed by atoms with Gasteiger partial charge in [-0.2, -0.15) is 0 Å². The number of nitrogens with one attached hydrogen (secondary N) is 2. The Bertz CT molecular complexity index is 1180. The number of hydrogen-bond donors (Lipinski definition) is 4. The minimum Gasteiger partial charge on any atom is -0.481 e. The number of aliphatic hydroxyl groups excluding tert-OH is 1. The standard InChI is InChI=1S/C13H13BrN2O3.C9H9BrN2O3.C4H6O/c1-2-3-8-19-13(18)7-6-12(17)16-11-5-4-10(14)9-15-11;10-6-1-2-7(11-5-6)12-8(13)3-4-9(14)15;1-2-3-4-5/h4-5,9H,6-8H2,1H3,(H,15,16,17);1-2,5H,3-4H2,(H,14,15)(H,11,12,13);5H,4H2,1H3. The third kappa shape index (κ3) is 20.9. The van der Waals surface area contributed by atoms with Crippen molar-refractivity contribution in [1.82, 2.24) is 9.97 Å². The first kappa shape index (κ1) is 35.2. The second-order valence-electron chi connectivity index (χ2n) is 6.89. The van der Waals surface area contributed by atoms with Crippen LogP contribution in [0.3, 0.4) is 0 Å². The monoisotopic (exact) mass is 666 g/mol. The zero-order valence-electron chi connectivity index (χ0n) is 21.3. The van der Waals surface area contributed by atoms with Gasteiger partial charge in [-0.05, 0) is 70.0 Å². The van der Waals surface area contributed by atoms with Crippen molar-refractivity contribution < 1.29 is 34.1 Å². The number of esters is 1. The summed E-state index contributed by atoms with van der Waals surface area (Å²) in [7, 11) is 0. The lowest BCUT2D eigenvalue weighted by Crippen LogP contribution is -2.15. The minimum absolute atomic E-state index is 0.0174. The van der Waals surface area contributed by atoms with E-state index in [-0.39, 0.29) is 50.7 Å². The van der Waals surface area contributed by atoms with Gasteiger partial charge in [-0.15, -0.1) is 11.8 Å². The number of anilines is 2. The van der Waals surface area contributed by atoms with Gasteiger partial charge in [-0.25, -0.2) is 9.97 Å². The Balaban J connectivity index is 0.000000643. The van der Waals surface area contributed by atoms with Crippen LogP contribution >= 0.6 is 31.9 Å². The van der Waals surface area contributed by atoms with Crippen LogP contribution in [0.2, 0.25) is 0 Å². The second kappa shape index (κ2) is 22.2. The van der Waals surface area contributed by atoms with E-state index in [0.29, 0.717) is 11.6 Å². The first-order chi connectivity index (χ1) is 18.6. The highest BCUT2D eigenvalue weighted by Crippen LogP contribution is 2.11. The Labute approximate surface area is 243 Å². The Morgan fingerprint density at radius 3 is 1.67 bits per heavy atom. The van der Waals surface area contributed by atoms with Crippen LogP contribution in [-0.4, -0.2) is 57.1 Å². The van der Waals surface area contributed by atoms with Crippen molar-refractivity contribution in [3.05, 3.63) is 45.6 Å². The summed E-state index contributed by atoms with van der Waals surface area (Å²) in [6.07, 6.45) is 2.97. The zero-order chi connectivity index (χ0) is 29.5. The molecule has 2 amide bonds. The molecule has 13 heteroatoms. The van der Waals surface area contributed by atoms with Crippen LogP contribution < -0.4 is 10.6 Å². The molecule has 0 radical (unpaired) electrons. The molecular formula is C26H28Br2N4O7. The number of hydrogen-bond acceptors (Lipinski definition) is 8. The van der Waals surface area contributed by atoms with E-state index in [1.54, 1.807) is 50.5 Å². The average molecular weight is 668 g/mol. The maximum Gasteiger partial charge on any atom is 0.307 e. The lowest BCUT2D eigenvalue weighted by Gasteiger charge is -2.04. The molecule has 39 heavy (non-hydrogen) atoms. The number of halogens is 2. The van der Waals surface area contributed by atoms with Gasteiger partial charge in [0.2, 0.25) is 11.8 Å². The summed E-state index contributed by atoms with van der Waals surface area (Å²) < 4.78 is 6.42. The SMILES string of the molecule is CC#CCO.CC#CCOC(=O)CCC(=O)Nc1ccc(Br)cn1.O=C(O)CCC(=O)Nc1ccc(Br)cn1. The number of amides is 2. The molecule has 0 saturated heterocycles. The van der Waals surface area contributed by atoms with Crippen molar-refractivity contribution in [3.8, 4) is 23.7 Å². The van der Waals surface area contributed by atoms with Gasteiger partial charge in [0.25, 0.3) is 0 Å². The number of aliphatic hydroxyl groups is 1. The van der Waals surface area contributed by atoms with E-state index < -0.39 is 11.9 Å². The number of ether oxygens (including phenoxy) is 1. The zero-order valence-corrected chi connectivity index (χ0v) is 24.5. The van der Waals surface area contributed by atoms with Crippen molar-refractivity contribution in [2.24, 2.45) is 0 Å². The average Bonchev–Trinajstić information content (AvgIpc) is 2.90. The second-order valence-corrected chi connectivity index (χ2v) is 8.72. The fraction of sp³-hybridized carbons (Fsp3) is 0.308. The van der Waals surface area contributed by atoms with Gasteiger partial charge in [0.05, 0.1) is 12.8 Å². The number of carboxylic acids is 1. The largest absolute Gasteiger partial charge is 0.481 e. The molecule has 0 saturated carbocycles. The van der Waals surface area contributed by atoms with Crippen LogP contribution in [0.15, 0.2) is 45.6 Å². The van der Waals surface area contributed by atoms with Crippen molar-refractivity contribution >= 4 is 67.2 Å². The fourth-order valence-corrected chi connectivity index (χ4v) is 2.56. The summed E-state index contributed by atoms with van der Waals surface area (Å²) in [5, 5.41) is 21.3. The van der Waals surface area contributed by atoms with E-state index in [2.05, 4.69) is 76.1 Å². The normalized spacial score (nSPS) is 8.85. The summed E-state index contributed by atoms with van der Waals surface area (Å²) in [6.45, 7) is 3.39. The summed E-state index contributed by atoms with van der Waals surface area (Å²) >= 11 is 6.45. The van der Waals surface area contributed by atoms with E-state index in [1.165, 1.54) is 0 Å². The molecule has 0 aromatic carbocycles. The first-order valence-corrected chi connectivity index (χ1v) is 12.8. The van der Waals surface area contributed by atoms with Crippen molar-refractivity contribution in [2.75, 3.05) is 23.8 Å². The molecule has 0 aliphatic carbocycles. The van der Waals surface area contributed by atoms with Crippen LogP contribution in [0, 0.1) is 23.7 Å². The Morgan fingerprint density at radius 1 is 0.821 bits per heavy atom. The van der Waals surface area contributed by atoms with Gasteiger partial charge < -0.3 is 25.6 Å². The predicted molar refractivity (Wildman–Crippen MR) is 152 cm³/mol. The topological polar surface area (TPSA) is 168 Å². The molecule has 2 heterocycles. The smallest absolute Gasteiger partial charge is 0.307 e. The number of pyridine rings is 2. The predicted octanol–water partition coefficient (Wildman–Crippen LogP) is 3.78. The van der Waals surface area contributed by atoms with Crippen LogP contribution in [0.25, 0.3) is 0 Å². The molecule has 0 aliphatic rings. The summed E-state index contributed by atoms with van der Waals surface area (Å²) in [5.41, 5.74) is 0. The summed E-state index contributed by atoms with van der Waals surface area (Å²) in [6, 6.07) is 6.79. The number of nitrogens with zero attached hydrogens (tertiary/aromatic N) is 2. The maximum absolute atomic E-state index is 11.5. The molecule has 0 spiro atoms. The number of carbonyl (C=O) groups is 4. The number of carboxylic acid groups (broad SMARTS) is 1. The molecule has 208 valence electrons. The first-order valence-electron chi connectivity index (χ1n) is 11.2. The lowest BCUT2D eigenvalue weighted by molar-refractivity contribution is -0.143. The van der Waals surface area contributed by atoms with Crippen molar-refractivity contribution in [2.45, 2.75) is 39.5 Å². The highest BCUT2D eigenvalue weighted by Gasteiger charge is 2.08. The van der Waals surface area contributed by atoms with Crippen LogP contribution in [0.5, 0.6) is 0 Å². The molecule has 4 N–H and O–H groups in total. The maximum atomic E-state index is 11.5. The van der Waals surface area contributed by atoms with Crippen molar-refractivity contribution in [3.63, 3.8) is 0 Å². The van der Waals surface area contributed by atoms with Crippen molar-refractivity contribution in [1.29, 1.82) is 0 Å². The number of aliphatic carboxylic acids is 1. The van der Waals surface area contributed by atoms with Gasteiger partial charge in [-0.3, -0.25) is 19.2 Å². The Hall–Kier alpha value is -3.78. The van der Waals surface area contributed by atoms with Crippen LogP contribution in [0.1, 0.15) is 39.5 Å². The van der Waals surface area contributed by atoms with Gasteiger partial charge in [0.15, 0.2) is 6.61 Å². The van der Waals surface area contributed by atoms with E-state index >= 15 is 0 Å². The quantitative estimate of drug-likeness (QED) is 0.230. The van der Waals surface area contributed by atoms with E-state index in [1.807, 2.05) is 0 Å². The molecule has 11 nitrogen and oxygen atoms in total. The minimum atomic E-state index is -0.992.